The molecule has 0 aliphatic heterocycles. The summed E-state index contributed by atoms with van der Waals surface area (Å²) in [5.41, 5.74) is 7.57. The van der Waals surface area contributed by atoms with Crippen molar-refractivity contribution in [2.24, 2.45) is 23.5 Å². The van der Waals surface area contributed by atoms with Crippen LogP contribution >= 0.6 is 0 Å². The van der Waals surface area contributed by atoms with Crippen molar-refractivity contribution in [2.45, 2.75) is 70.8 Å². The first-order chi connectivity index (χ1) is 8.16. The van der Waals surface area contributed by atoms with Crippen LogP contribution in [0, 0.1) is 17.8 Å². The lowest BCUT2D eigenvalue weighted by Gasteiger charge is -2.35. The van der Waals surface area contributed by atoms with Crippen molar-refractivity contribution in [1.29, 1.82) is 0 Å². The Kier molecular flexibility index (Phi) is 4.67. The molecule has 0 aromatic carbocycles. The fourth-order valence-electron chi connectivity index (χ4n) is 3.77. The Bertz CT molecular complexity index is 250. The van der Waals surface area contributed by atoms with Gasteiger partial charge in [-0.25, -0.2) is 0 Å². The third-order valence-corrected chi connectivity index (χ3v) is 5.08. The highest BCUT2D eigenvalue weighted by Gasteiger charge is 2.28. The Hall–Kier alpha value is -0.300. The van der Waals surface area contributed by atoms with Gasteiger partial charge in [0.25, 0.3) is 0 Å². The van der Waals surface area contributed by atoms with Gasteiger partial charge in [-0.3, -0.25) is 0 Å². The second-order valence-corrected chi connectivity index (χ2v) is 6.51. The molecule has 2 saturated carbocycles. The number of nitrogens with two attached hydrogens (primary N) is 1. The van der Waals surface area contributed by atoms with Crippen molar-refractivity contribution < 1.29 is 0 Å². The molecule has 0 saturated heterocycles. The van der Waals surface area contributed by atoms with Gasteiger partial charge in [0, 0.05) is 6.04 Å². The van der Waals surface area contributed by atoms with Crippen LogP contribution in [0.25, 0.3) is 0 Å². The molecule has 0 bridgehead atoms. The van der Waals surface area contributed by atoms with Crippen LogP contribution in [0.1, 0.15) is 64.7 Å². The van der Waals surface area contributed by atoms with Gasteiger partial charge in [0.1, 0.15) is 0 Å². The summed E-state index contributed by atoms with van der Waals surface area (Å²) in [6.45, 7) is 6.79. The second kappa shape index (κ2) is 6.04. The third-order valence-electron chi connectivity index (χ3n) is 5.08. The molecule has 0 aromatic heterocycles. The molecule has 17 heavy (non-hydrogen) atoms. The molecule has 2 rings (SSSR count). The monoisotopic (exact) mass is 235 g/mol. The normalized spacial score (nSPS) is 40.7. The molecule has 2 aliphatic carbocycles. The van der Waals surface area contributed by atoms with Gasteiger partial charge < -0.3 is 5.73 Å². The summed E-state index contributed by atoms with van der Waals surface area (Å²) in [7, 11) is 0. The van der Waals surface area contributed by atoms with Crippen LogP contribution in [0.15, 0.2) is 12.2 Å². The maximum Gasteiger partial charge on any atom is 0.00390 e. The smallest absolute Gasteiger partial charge is 0.00390 e. The SMILES string of the molecule is C=C1CCC(C)CCCC1C1CCC(N)CC1. The minimum Gasteiger partial charge on any atom is -0.328 e. The van der Waals surface area contributed by atoms with Gasteiger partial charge >= 0.3 is 0 Å². The molecule has 2 aliphatic rings. The molecule has 1 heteroatoms. The number of rotatable bonds is 1. The maximum atomic E-state index is 6.01. The molecule has 2 unspecified atom stereocenters. The predicted molar refractivity (Wildman–Crippen MR) is 74.8 cm³/mol. The lowest BCUT2D eigenvalue weighted by Crippen LogP contribution is -2.30. The topological polar surface area (TPSA) is 26.0 Å². The van der Waals surface area contributed by atoms with E-state index in [1.165, 1.54) is 57.8 Å². The standard InChI is InChI=1S/C16H29N/c1-12-4-3-5-16(13(2)7-6-12)14-8-10-15(17)11-9-14/h12,14-16H,2-11,17H2,1H3. The highest BCUT2D eigenvalue weighted by molar-refractivity contribution is 5.05. The molecule has 2 N–H and O–H groups in total. The van der Waals surface area contributed by atoms with Gasteiger partial charge in [0.2, 0.25) is 0 Å². The van der Waals surface area contributed by atoms with Gasteiger partial charge in [-0.15, -0.1) is 0 Å². The molecular formula is C16H29N. The fraction of sp³-hybridized carbons (Fsp3) is 0.875. The van der Waals surface area contributed by atoms with E-state index in [1.54, 1.807) is 5.57 Å². The van der Waals surface area contributed by atoms with Gasteiger partial charge in [-0.05, 0) is 62.7 Å². The highest BCUT2D eigenvalue weighted by Crippen LogP contribution is 2.39. The zero-order chi connectivity index (χ0) is 12.3. The highest BCUT2D eigenvalue weighted by atomic mass is 14.6. The van der Waals surface area contributed by atoms with E-state index in [0.29, 0.717) is 6.04 Å². The Morgan fingerprint density at radius 2 is 1.71 bits per heavy atom. The first kappa shape index (κ1) is 13.1. The van der Waals surface area contributed by atoms with E-state index in [-0.39, 0.29) is 0 Å². The van der Waals surface area contributed by atoms with Crippen molar-refractivity contribution in [1.82, 2.24) is 0 Å². The predicted octanol–water partition coefficient (Wildman–Crippen LogP) is 4.28. The first-order valence-corrected chi connectivity index (χ1v) is 7.60. The minimum absolute atomic E-state index is 0.480. The summed E-state index contributed by atoms with van der Waals surface area (Å²) in [5.74, 6) is 2.62. The number of hydrogen-bond acceptors (Lipinski definition) is 1. The van der Waals surface area contributed by atoms with Crippen molar-refractivity contribution in [3.63, 3.8) is 0 Å². The van der Waals surface area contributed by atoms with Crippen LogP contribution in [0.3, 0.4) is 0 Å². The molecule has 98 valence electrons. The zero-order valence-corrected chi connectivity index (χ0v) is 11.5. The quantitative estimate of drug-likeness (QED) is 0.675. The Morgan fingerprint density at radius 1 is 1.00 bits per heavy atom. The number of allylic oxidation sites excluding steroid dienone is 1. The van der Waals surface area contributed by atoms with E-state index in [9.17, 15) is 0 Å². The van der Waals surface area contributed by atoms with Crippen molar-refractivity contribution in [2.75, 3.05) is 0 Å². The van der Waals surface area contributed by atoms with E-state index >= 15 is 0 Å². The molecule has 1 nitrogen and oxygen atoms in total. The Balaban J connectivity index is 1.91. The summed E-state index contributed by atoms with van der Waals surface area (Å²) in [6, 6.07) is 0.480. The summed E-state index contributed by atoms with van der Waals surface area (Å²) in [6.07, 6.45) is 12.0. The second-order valence-electron chi connectivity index (χ2n) is 6.51. The van der Waals surface area contributed by atoms with Gasteiger partial charge in [-0.2, -0.15) is 0 Å². The summed E-state index contributed by atoms with van der Waals surface area (Å²) in [5, 5.41) is 0. The molecule has 0 spiro atoms. The molecule has 0 radical (unpaired) electrons. The van der Waals surface area contributed by atoms with Crippen LogP contribution in [0.4, 0.5) is 0 Å². The molecular weight excluding hydrogens is 206 g/mol. The molecule has 0 amide bonds. The lowest BCUT2D eigenvalue weighted by molar-refractivity contribution is 0.229. The van der Waals surface area contributed by atoms with Crippen LogP contribution in [0.2, 0.25) is 0 Å². The minimum atomic E-state index is 0.480. The van der Waals surface area contributed by atoms with Crippen LogP contribution in [-0.4, -0.2) is 6.04 Å². The fourth-order valence-corrected chi connectivity index (χ4v) is 3.77. The van der Waals surface area contributed by atoms with Gasteiger partial charge in [-0.1, -0.05) is 31.9 Å². The zero-order valence-electron chi connectivity index (χ0n) is 11.5. The van der Waals surface area contributed by atoms with E-state index in [1.807, 2.05) is 0 Å². The molecule has 2 fully saturated rings. The van der Waals surface area contributed by atoms with E-state index < -0.39 is 0 Å². The third kappa shape index (κ3) is 3.58. The summed E-state index contributed by atoms with van der Waals surface area (Å²) in [4.78, 5) is 0. The largest absolute Gasteiger partial charge is 0.328 e. The van der Waals surface area contributed by atoms with E-state index in [4.69, 9.17) is 5.73 Å². The van der Waals surface area contributed by atoms with E-state index in [2.05, 4.69) is 13.5 Å². The average Bonchev–Trinajstić information content (AvgIpc) is 2.31. The Morgan fingerprint density at radius 3 is 2.41 bits per heavy atom. The van der Waals surface area contributed by atoms with Crippen molar-refractivity contribution >= 4 is 0 Å². The summed E-state index contributed by atoms with van der Waals surface area (Å²) >= 11 is 0. The van der Waals surface area contributed by atoms with Crippen LogP contribution in [-0.2, 0) is 0 Å². The van der Waals surface area contributed by atoms with Crippen LogP contribution in [0.5, 0.6) is 0 Å². The first-order valence-electron chi connectivity index (χ1n) is 7.60. The van der Waals surface area contributed by atoms with Crippen molar-refractivity contribution in [3.05, 3.63) is 12.2 Å². The van der Waals surface area contributed by atoms with Crippen LogP contribution < -0.4 is 5.73 Å². The van der Waals surface area contributed by atoms with Gasteiger partial charge in [0.05, 0.1) is 0 Å². The summed E-state index contributed by atoms with van der Waals surface area (Å²) < 4.78 is 0. The Labute approximate surface area is 107 Å². The maximum absolute atomic E-state index is 6.01. The molecule has 0 heterocycles. The van der Waals surface area contributed by atoms with Gasteiger partial charge in [0.15, 0.2) is 0 Å². The number of hydrogen-bond donors (Lipinski definition) is 1. The lowest BCUT2D eigenvalue weighted by atomic mass is 9.71. The van der Waals surface area contributed by atoms with E-state index in [0.717, 1.165) is 17.8 Å². The molecule has 0 aromatic rings. The molecule has 2 atom stereocenters. The van der Waals surface area contributed by atoms with Crippen molar-refractivity contribution in [3.8, 4) is 0 Å². The average molecular weight is 235 g/mol.